The zero-order valence-electron chi connectivity index (χ0n) is 16.2. The predicted molar refractivity (Wildman–Crippen MR) is 109 cm³/mol. The lowest BCUT2D eigenvalue weighted by atomic mass is 10.0. The number of nitrogens with one attached hydrogen (secondary N) is 1. The van der Waals surface area contributed by atoms with E-state index in [1.165, 1.54) is 30.3 Å². The van der Waals surface area contributed by atoms with Gasteiger partial charge in [0, 0.05) is 18.8 Å². The lowest BCUT2D eigenvalue weighted by Crippen LogP contribution is -2.41. The van der Waals surface area contributed by atoms with Gasteiger partial charge in [0.1, 0.15) is 0 Å². The highest BCUT2D eigenvalue weighted by Gasteiger charge is 2.22. The normalized spacial score (nSPS) is 16.9. The first-order valence-corrected chi connectivity index (χ1v) is 11.0. The average molecular weight is 416 g/mol. The first kappa shape index (κ1) is 20.9. The Morgan fingerprint density at radius 1 is 1.14 bits per heavy atom. The molecular weight excluding hydrogens is 392 g/mol. The number of piperidine rings is 1. The smallest absolute Gasteiger partial charge is 0.338 e. The molecule has 1 fully saturated rings. The fourth-order valence-corrected chi connectivity index (χ4v) is 4.31. The summed E-state index contributed by atoms with van der Waals surface area (Å²) >= 11 is 0. The number of hydrogen-bond donors (Lipinski definition) is 1. The molecule has 0 spiro atoms. The van der Waals surface area contributed by atoms with E-state index in [1.807, 2.05) is 0 Å². The standard InChI is InChI=1S/C21H24N2O5S/c1-16-7-6-12-23(14-16)20(24)15-28-21(25)17-8-5-9-18(13-17)22-29(26,27)19-10-3-2-4-11-19/h2-5,8-11,13,16,22H,6-7,12,14-15H2,1H3/t16-/m1/s1. The molecule has 0 bridgehead atoms. The van der Waals surface area contributed by atoms with Crippen LogP contribution in [0.1, 0.15) is 30.1 Å². The molecule has 1 N–H and O–H groups in total. The molecular formula is C21H24N2O5S. The minimum atomic E-state index is -3.76. The van der Waals surface area contributed by atoms with Gasteiger partial charge < -0.3 is 9.64 Å². The molecule has 0 radical (unpaired) electrons. The molecule has 154 valence electrons. The monoisotopic (exact) mass is 416 g/mol. The van der Waals surface area contributed by atoms with Gasteiger partial charge >= 0.3 is 5.97 Å². The molecule has 0 aliphatic carbocycles. The van der Waals surface area contributed by atoms with Crippen LogP contribution >= 0.6 is 0 Å². The van der Waals surface area contributed by atoms with E-state index in [1.54, 1.807) is 29.2 Å². The third-order valence-electron chi connectivity index (χ3n) is 4.74. The Morgan fingerprint density at radius 3 is 2.62 bits per heavy atom. The molecule has 1 aliphatic heterocycles. The molecule has 0 aromatic heterocycles. The van der Waals surface area contributed by atoms with E-state index >= 15 is 0 Å². The first-order chi connectivity index (χ1) is 13.8. The molecule has 1 saturated heterocycles. The van der Waals surface area contributed by atoms with Crippen LogP contribution in [0.4, 0.5) is 5.69 Å². The molecule has 1 aliphatic rings. The molecule has 29 heavy (non-hydrogen) atoms. The average Bonchev–Trinajstić information content (AvgIpc) is 2.72. The van der Waals surface area contributed by atoms with E-state index in [4.69, 9.17) is 4.74 Å². The highest BCUT2D eigenvalue weighted by Crippen LogP contribution is 2.18. The van der Waals surface area contributed by atoms with Crippen molar-refractivity contribution in [2.75, 3.05) is 24.4 Å². The molecule has 2 aromatic rings. The van der Waals surface area contributed by atoms with Crippen LogP contribution in [-0.4, -0.2) is 44.9 Å². The van der Waals surface area contributed by atoms with Gasteiger partial charge in [0.2, 0.25) is 0 Å². The predicted octanol–water partition coefficient (Wildman–Crippen LogP) is 2.90. The van der Waals surface area contributed by atoms with Crippen LogP contribution in [0.15, 0.2) is 59.5 Å². The third-order valence-corrected chi connectivity index (χ3v) is 6.14. The highest BCUT2D eigenvalue weighted by atomic mass is 32.2. The molecule has 2 aromatic carbocycles. The van der Waals surface area contributed by atoms with Crippen molar-refractivity contribution in [3.8, 4) is 0 Å². The first-order valence-electron chi connectivity index (χ1n) is 9.48. The van der Waals surface area contributed by atoms with Gasteiger partial charge in [-0.2, -0.15) is 0 Å². The molecule has 3 rings (SSSR count). The van der Waals surface area contributed by atoms with E-state index in [0.717, 1.165) is 12.8 Å². The molecule has 1 heterocycles. The molecule has 0 saturated carbocycles. The van der Waals surface area contributed by atoms with Crippen LogP contribution < -0.4 is 4.72 Å². The summed E-state index contributed by atoms with van der Waals surface area (Å²) in [7, 11) is -3.76. The van der Waals surface area contributed by atoms with Gasteiger partial charge in [-0.1, -0.05) is 31.2 Å². The minimum Gasteiger partial charge on any atom is -0.452 e. The summed E-state index contributed by atoms with van der Waals surface area (Å²) in [6.07, 6.45) is 2.04. The summed E-state index contributed by atoms with van der Waals surface area (Å²) in [6, 6.07) is 13.9. The van der Waals surface area contributed by atoms with E-state index in [-0.39, 0.29) is 28.7 Å². The number of carbonyl (C=O) groups is 2. The zero-order chi connectivity index (χ0) is 20.9. The Hall–Kier alpha value is -2.87. The lowest BCUT2D eigenvalue weighted by Gasteiger charge is -2.30. The number of amides is 1. The fourth-order valence-electron chi connectivity index (χ4n) is 3.24. The molecule has 1 amide bonds. The highest BCUT2D eigenvalue weighted by molar-refractivity contribution is 7.92. The van der Waals surface area contributed by atoms with E-state index in [9.17, 15) is 18.0 Å². The minimum absolute atomic E-state index is 0.120. The van der Waals surface area contributed by atoms with E-state index in [0.29, 0.717) is 19.0 Å². The second kappa shape index (κ2) is 9.09. The Balaban J connectivity index is 1.61. The van der Waals surface area contributed by atoms with Crippen molar-refractivity contribution in [1.29, 1.82) is 0 Å². The van der Waals surface area contributed by atoms with Crippen LogP contribution in [0, 0.1) is 5.92 Å². The largest absolute Gasteiger partial charge is 0.452 e. The maximum absolute atomic E-state index is 12.4. The summed E-state index contributed by atoms with van der Waals surface area (Å²) in [5.74, 6) is -0.451. The number of anilines is 1. The molecule has 7 nitrogen and oxygen atoms in total. The van der Waals surface area contributed by atoms with E-state index in [2.05, 4.69) is 11.6 Å². The number of likely N-dealkylation sites (tertiary alicyclic amines) is 1. The van der Waals surface area contributed by atoms with Gasteiger partial charge in [-0.15, -0.1) is 0 Å². The summed E-state index contributed by atoms with van der Waals surface area (Å²) in [5.41, 5.74) is 0.401. The van der Waals surface area contributed by atoms with Crippen LogP contribution in [0.5, 0.6) is 0 Å². The number of rotatable bonds is 6. The maximum atomic E-state index is 12.4. The number of benzene rings is 2. The van der Waals surface area contributed by atoms with Gasteiger partial charge in [-0.25, -0.2) is 13.2 Å². The van der Waals surface area contributed by atoms with Gasteiger partial charge in [-0.3, -0.25) is 9.52 Å². The fraction of sp³-hybridized carbons (Fsp3) is 0.333. The van der Waals surface area contributed by atoms with Gasteiger partial charge in [0.15, 0.2) is 6.61 Å². The van der Waals surface area contributed by atoms with E-state index < -0.39 is 16.0 Å². The summed E-state index contributed by atoms with van der Waals surface area (Å²) < 4.78 is 32.4. The van der Waals surface area contributed by atoms with Crippen molar-refractivity contribution in [2.45, 2.75) is 24.7 Å². The van der Waals surface area contributed by atoms with Crippen molar-refractivity contribution in [3.05, 3.63) is 60.2 Å². The number of esters is 1. The quantitative estimate of drug-likeness (QED) is 0.731. The van der Waals surface area contributed by atoms with Gasteiger partial charge in [-0.05, 0) is 49.1 Å². The van der Waals surface area contributed by atoms with Crippen molar-refractivity contribution in [2.24, 2.45) is 5.92 Å². The molecule has 8 heteroatoms. The second-order valence-corrected chi connectivity index (χ2v) is 8.85. The van der Waals surface area contributed by atoms with Crippen LogP contribution in [0.3, 0.4) is 0 Å². The summed E-state index contributed by atoms with van der Waals surface area (Å²) in [5, 5.41) is 0. The topological polar surface area (TPSA) is 92.8 Å². The van der Waals surface area contributed by atoms with Crippen molar-refractivity contribution in [1.82, 2.24) is 4.90 Å². The van der Waals surface area contributed by atoms with Crippen molar-refractivity contribution in [3.63, 3.8) is 0 Å². The number of sulfonamides is 1. The lowest BCUT2D eigenvalue weighted by molar-refractivity contribution is -0.136. The Labute approximate surface area is 170 Å². The Morgan fingerprint density at radius 2 is 1.90 bits per heavy atom. The maximum Gasteiger partial charge on any atom is 0.338 e. The third kappa shape index (κ3) is 5.57. The number of ether oxygens (including phenoxy) is 1. The number of hydrogen-bond acceptors (Lipinski definition) is 5. The van der Waals surface area contributed by atoms with Gasteiger partial charge in [0.05, 0.1) is 10.5 Å². The van der Waals surface area contributed by atoms with Gasteiger partial charge in [0.25, 0.3) is 15.9 Å². The van der Waals surface area contributed by atoms with Crippen molar-refractivity contribution < 1.29 is 22.7 Å². The Kier molecular flexibility index (Phi) is 6.53. The second-order valence-electron chi connectivity index (χ2n) is 7.16. The number of nitrogens with zero attached hydrogens (tertiary/aromatic N) is 1. The SMILES string of the molecule is C[C@@H]1CCCN(C(=O)COC(=O)c2cccc(NS(=O)(=O)c3ccccc3)c2)C1. The number of carbonyl (C=O) groups excluding carboxylic acids is 2. The van der Waals surface area contributed by atoms with Crippen LogP contribution in [0.2, 0.25) is 0 Å². The van der Waals surface area contributed by atoms with Crippen LogP contribution in [0.25, 0.3) is 0 Å². The zero-order valence-corrected chi connectivity index (χ0v) is 17.0. The summed E-state index contributed by atoms with van der Waals surface area (Å²) in [6.45, 7) is 3.11. The summed E-state index contributed by atoms with van der Waals surface area (Å²) in [4.78, 5) is 26.4. The molecule has 0 unspecified atom stereocenters. The van der Waals surface area contributed by atoms with Crippen LogP contribution in [-0.2, 0) is 19.6 Å². The Bertz CT molecular complexity index is 976. The molecule has 1 atom stereocenters. The van der Waals surface area contributed by atoms with Crippen molar-refractivity contribution >= 4 is 27.6 Å².